The van der Waals surface area contributed by atoms with E-state index in [4.69, 9.17) is 25.7 Å². The van der Waals surface area contributed by atoms with Crippen molar-refractivity contribution in [2.45, 2.75) is 75.1 Å². The van der Waals surface area contributed by atoms with Gasteiger partial charge in [0.05, 0.1) is 38.2 Å². The Balaban J connectivity index is 1.07. The van der Waals surface area contributed by atoms with Gasteiger partial charge in [0.15, 0.2) is 23.4 Å². The molecule has 46 heavy (non-hydrogen) atoms. The fourth-order valence-corrected chi connectivity index (χ4v) is 8.61. The summed E-state index contributed by atoms with van der Waals surface area (Å²) in [6.45, 7) is 2.96. The van der Waals surface area contributed by atoms with Gasteiger partial charge in [-0.05, 0) is 61.7 Å². The van der Waals surface area contributed by atoms with E-state index in [0.717, 1.165) is 61.2 Å². The Morgan fingerprint density at radius 1 is 1.20 bits per heavy atom. The molecule has 248 valence electrons. The first kappa shape index (κ1) is 32.3. The summed E-state index contributed by atoms with van der Waals surface area (Å²) in [5.41, 5.74) is 14.9. The first-order chi connectivity index (χ1) is 22.1. The van der Waals surface area contributed by atoms with Crippen molar-refractivity contribution in [2.75, 3.05) is 47.4 Å². The largest absolute Gasteiger partial charge is 0.493 e. The third kappa shape index (κ3) is 5.62. The molecule has 2 aliphatic heterocycles. The van der Waals surface area contributed by atoms with Crippen LogP contribution >= 0.6 is 0 Å². The van der Waals surface area contributed by atoms with Gasteiger partial charge in [-0.1, -0.05) is 12.5 Å². The molecule has 2 bridgehead atoms. The zero-order valence-electron chi connectivity index (χ0n) is 27.3. The van der Waals surface area contributed by atoms with E-state index in [9.17, 15) is 14.4 Å². The minimum atomic E-state index is -0.579. The second-order valence-electron chi connectivity index (χ2n) is 13.8. The number of methoxy groups -OCH3 is 1. The number of unbranched alkanes of at least 4 members (excludes halogenated alkanes) is 1. The molecule has 1 spiro atoms. The molecular weight excluding hydrogens is 586 g/mol. The number of Topliss-reactive ketones (excluding diaryl/α,β-unsaturated/α-hetero) is 1. The third-order valence-electron chi connectivity index (χ3n) is 11.0. The Morgan fingerprint density at radius 3 is 2.72 bits per heavy atom. The lowest BCUT2D eigenvalue weighted by Crippen LogP contribution is -2.71. The van der Waals surface area contributed by atoms with Crippen LogP contribution in [0.15, 0.2) is 36.4 Å². The van der Waals surface area contributed by atoms with E-state index in [1.807, 2.05) is 30.3 Å². The number of ether oxygens (including phenoxy) is 3. The van der Waals surface area contributed by atoms with Crippen LogP contribution in [0.1, 0.15) is 55.2 Å². The van der Waals surface area contributed by atoms with Gasteiger partial charge in [-0.15, -0.1) is 0 Å². The molecule has 11 heteroatoms. The normalized spacial score (nSPS) is 27.7. The zero-order valence-corrected chi connectivity index (χ0v) is 27.3. The number of quaternary nitrogens is 1. The number of amides is 2. The molecule has 0 aromatic heterocycles. The minimum absolute atomic E-state index is 0.219. The van der Waals surface area contributed by atoms with Gasteiger partial charge >= 0.3 is 6.09 Å². The standard InChI is InChI=1S/C35H47N5O6/c1-39(18-17-38-33(42)26(37)6-4-5-16-36)34(43)45-24-10-7-22(8-11-24)21-40(2)19-15-35-25-12-13-28(41)32(35)46-31-29(44-3)14-9-23(30(31)35)20-27(25)40/h7-11,14,25-27,32H,4-6,12-13,15-21,36-37H2,1-3H3/p+1/t25-,26-,27?,32-,35-,40+/m0/s1. The molecule has 2 heterocycles. The molecule has 1 saturated carbocycles. The van der Waals surface area contributed by atoms with Gasteiger partial charge in [0, 0.05) is 56.4 Å². The topological polar surface area (TPSA) is 146 Å². The smallest absolute Gasteiger partial charge is 0.415 e. The molecule has 2 fully saturated rings. The molecular formula is C35H48N5O6+. The number of rotatable bonds is 12. The molecule has 1 saturated heterocycles. The van der Waals surface area contributed by atoms with Crippen LogP contribution in [-0.4, -0.2) is 92.7 Å². The highest BCUT2D eigenvalue weighted by molar-refractivity contribution is 5.89. The molecule has 4 aliphatic rings. The second kappa shape index (κ2) is 12.8. The first-order valence-corrected chi connectivity index (χ1v) is 16.6. The average Bonchev–Trinajstić information content (AvgIpc) is 3.41. The summed E-state index contributed by atoms with van der Waals surface area (Å²) in [6, 6.07) is 11.7. The fourth-order valence-electron chi connectivity index (χ4n) is 8.61. The second-order valence-corrected chi connectivity index (χ2v) is 13.8. The Labute approximate surface area is 271 Å². The molecule has 0 radical (unpaired) electrons. The molecule has 6 atom stereocenters. The van der Waals surface area contributed by atoms with Gasteiger partial charge in [0.25, 0.3) is 0 Å². The monoisotopic (exact) mass is 634 g/mol. The number of hydrogen-bond donors (Lipinski definition) is 3. The van der Waals surface area contributed by atoms with Gasteiger partial charge in [-0.3, -0.25) is 9.59 Å². The minimum Gasteiger partial charge on any atom is -0.493 e. The van der Waals surface area contributed by atoms with Crippen molar-refractivity contribution in [3.05, 3.63) is 53.1 Å². The maximum absolute atomic E-state index is 13.2. The first-order valence-electron chi connectivity index (χ1n) is 16.6. The maximum Gasteiger partial charge on any atom is 0.415 e. The Bertz CT molecular complexity index is 1480. The molecule has 2 aliphatic carbocycles. The highest BCUT2D eigenvalue weighted by atomic mass is 16.6. The lowest BCUT2D eigenvalue weighted by atomic mass is 9.51. The SMILES string of the molecule is COc1ccc2c3c1O[C@H]1C(=O)CC[C@H]4C(C2)[N@@+](C)(Cc2ccc(OC(=O)N(C)CCNC(=O)[C@@H](N)CCCCN)cc2)CC[C@]314. The Kier molecular flexibility index (Phi) is 9.02. The number of nitrogens with one attached hydrogen (secondary N) is 1. The van der Waals surface area contributed by atoms with Crippen molar-refractivity contribution in [3.63, 3.8) is 0 Å². The number of likely N-dealkylation sites (tertiary alicyclic amines) is 1. The molecule has 2 aromatic carbocycles. The number of carbonyl (C=O) groups excluding carboxylic acids is 3. The van der Waals surface area contributed by atoms with Crippen LogP contribution in [0.25, 0.3) is 0 Å². The van der Waals surface area contributed by atoms with Crippen molar-refractivity contribution >= 4 is 17.8 Å². The highest BCUT2D eigenvalue weighted by Crippen LogP contribution is 2.64. The van der Waals surface area contributed by atoms with E-state index >= 15 is 0 Å². The van der Waals surface area contributed by atoms with Crippen LogP contribution in [0.4, 0.5) is 4.79 Å². The summed E-state index contributed by atoms with van der Waals surface area (Å²) in [7, 11) is 5.65. The Morgan fingerprint density at radius 2 is 1.98 bits per heavy atom. The zero-order chi connectivity index (χ0) is 32.6. The van der Waals surface area contributed by atoms with E-state index in [1.54, 1.807) is 14.2 Å². The van der Waals surface area contributed by atoms with Crippen LogP contribution in [0.5, 0.6) is 17.2 Å². The average molecular weight is 635 g/mol. The van der Waals surface area contributed by atoms with Gasteiger partial charge < -0.3 is 40.4 Å². The summed E-state index contributed by atoms with van der Waals surface area (Å²) in [5, 5.41) is 2.78. The molecule has 1 unspecified atom stereocenters. The summed E-state index contributed by atoms with van der Waals surface area (Å²) in [4.78, 5) is 39.6. The van der Waals surface area contributed by atoms with Crippen LogP contribution in [-0.2, 0) is 28.0 Å². The predicted octanol–water partition coefficient (Wildman–Crippen LogP) is 2.65. The lowest BCUT2D eigenvalue weighted by Gasteiger charge is -2.60. The van der Waals surface area contributed by atoms with E-state index in [-0.39, 0.29) is 23.7 Å². The van der Waals surface area contributed by atoms with Crippen molar-refractivity contribution in [1.82, 2.24) is 10.2 Å². The predicted molar refractivity (Wildman–Crippen MR) is 173 cm³/mol. The van der Waals surface area contributed by atoms with Crippen LogP contribution < -0.4 is 31.0 Å². The van der Waals surface area contributed by atoms with Gasteiger partial charge in [-0.25, -0.2) is 4.79 Å². The molecule has 5 N–H and O–H groups in total. The number of piperidine rings is 1. The van der Waals surface area contributed by atoms with Crippen LogP contribution in [0.2, 0.25) is 0 Å². The number of carbonyl (C=O) groups is 3. The summed E-state index contributed by atoms with van der Waals surface area (Å²) in [6.07, 6.45) is 4.61. The fraction of sp³-hybridized carbons (Fsp3) is 0.571. The number of ketones is 1. The number of likely N-dealkylation sites (N-methyl/N-ethyl adjacent to an activating group) is 2. The highest BCUT2D eigenvalue weighted by Gasteiger charge is 2.69. The van der Waals surface area contributed by atoms with Crippen molar-refractivity contribution in [2.24, 2.45) is 17.4 Å². The summed E-state index contributed by atoms with van der Waals surface area (Å²) >= 11 is 0. The van der Waals surface area contributed by atoms with Crippen molar-refractivity contribution in [3.8, 4) is 17.2 Å². The number of hydrogen-bond acceptors (Lipinski definition) is 8. The van der Waals surface area contributed by atoms with Crippen molar-refractivity contribution < 1.29 is 33.1 Å². The molecule has 6 rings (SSSR count). The quantitative estimate of drug-likeness (QED) is 0.239. The Hall–Kier alpha value is -3.67. The van der Waals surface area contributed by atoms with E-state index < -0.39 is 18.2 Å². The van der Waals surface area contributed by atoms with Gasteiger partial charge in [-0.2, -0.15) is 0 Å². The molecule has 2 amide bonds. The maximum atomic E-state index is 13.2. The number of nitrogens with zero attached hydrogens (tertiary/aromatic N) is 2. The third-order valence-corrected chi connectivity index (χ3v) is 11.0. The molecule has 11 nitrogen and oxygen atoms in total. The van der Waals surface area contributed by atoms with Crippen molar-refractivity contribution in [1.29, 1.82) is 0 Å². The molecule has 2 aromatic rings. The van der Waals surface area contributed by atoms with E-state index in [0.29, 0.717) is 43.6 Å². The number of nitrogens with two attached hydrogens (primary N) is 2. The van der Waals surface area contributed by atoms with Crippen LogP contribution in [0.3, 0.4) is 0 Å². The van der Waals surface area contributed by atoms with Gasteiger partial charge in [0.1, 0.15) is 12.3 Å². The van der Waals surface area contributed by atoms with E-state index in [2.05, 4.69) is 18.4 Å². The number of benzene rings is 2. The lowest BCUT2D eigenvalue weighted by molar-refractivity contribution is -0.957. The van der Waals surface area contributed by atoms with E-state index in [1.165, 1.54) is 21.6 Å². The van der Waals surface area contributed by atoms with Gasteiger partial charge in [0.2, 0.25) is 5.91 Å². The summed E-state index contributed by atoms with van der Waals surface area (Å²) < 4.78 is 18.6. The van der Waals surface area contributed by atoms with Crippen LogP contribution in [0, 0.1) is 5.92 Å². The summed E-state index contributed by atoms with van der Waals surface area (Å²) in [5.74, 6) is 2.34.